The minimum atomic E-state index is -0.995. The summed E-state index contributed by atoms with van der Waals surface area (Å²) in [6.45, 7) is 3.39. The van der Waals surface area contributed by atoms with Crippen LogP contribution in [0.15, 0.2) is 48.7 Å². The Morgan fingerprint density at radius 1 is 1.12 bits per heavy atom. The van der Waals surface area contributed by atoms with Gasteiger partial charge in [-0.15, -0.1) is 0 Å². The van der Waals surface area contributed by atoms with Gasteiger partial charge in [0.25, 0.3) is 5.91 Å². The van der Waals surface area contributed by atoms with Crippen LogP contribution in [0.1, 0.15) is 29.8 Å². The van der Waals surface area contributed by atoms with E-state index in [1.165, 1.54) is 0 Å². The van der Waals surface area contributed by atoms with Crippen molar-refractivity contribution in [1.82, 2.24) is 4.98 Å². The summed E-state index contributed by atoms with van der Waals surface area (Å²) >= 11 is 12.2. The van der Waals surface area contributed by atoms with Crippen LogP contribution in [0.25, 0.3) is 10.9 Å². The Labute approximate surface area is 155 Å². The lowest BCUT2D eigenvalue weighted by Gasteiger charge is -2.18. The molecule has 2 N–H and O–H groups in total. The maximum Gasteiger partial charge on any atom is 0.258 e. The summed E-state index contributed by atoms with van der Waals surface area (Å²) in [5, 5.41) is 14.3. The highest BCUT2D eigenvalue weighted by atomic mass is 35.5. The number of hydrogen-bond acceptors (Lipinski definition) is 3. The number of fused-ring (bicyclic) bond motifs is 1. The van der Waals surface area contributed by atoms with Gasteiger partial charge in [-0.25, -0.2) is 0 Å². The molecule has 0 unspecified atom stereocenters. The molecular weight excluding hydrogens is 359 g/mol. The zero-order chi connectivity index (χ0) is 18.2. The number of nitrogens with zero attached hydrogens (tertiary/aromatic N) is 1. The lowest BCUT2D eigenvalue weighted by Crippen LogP contribution is -2.16. The van der Waals surface area contributed by atoms with Crippen molar-refractivity contribution in [3.8, 4) is 0 Å². The highest BCUT2D eigenvalue weighted by Crippen LogP contribution is 2.29. The first-order valence-corrected chi connectivity index (χ1v) is 8.40. The molecule has 1 heterocycles. The molecule has 6 heteroatoms. The Hall–Kier alpha value is -2.14. The largest absolute Gasteiger partial charge is 0.386 e. The van der Waals surface area contributed by atoms with Crippen molar-refractivity contribution in [3.05, 3.63) is 69.8 Å². The van der Waals surface area contributed by atoms with Crippen molar-refractivity contribution in [2.24, 2.45) is 0 Å². The zero-order valence-corrected chi connectivity index (χ0v) is 15.2. The molecule has 0 spiro atoms. The van der Waals surface area contributed by atoms with Crippen LogP contribution in [0.2, 0.25) is 10.0 Å². The van der Waals surface area contributed by atoms with Gasteiger partial charge >= 0.3 is 0 Å². The van der Waals surface area contributed by atoms with Gasteiger partial charge in [-0.1, -0.05) is 41.4 Å². The van der Waals surface area contributed by atoms with Gasteiger partial charge in [0.15, 0.2) is 0 Å². The number of anilines is 1. The van der Waals surface area contributed by atoms with E-state index in [0.717, 1.165) is 5.39 Å². The second-order valence-corrected chi connectivity index (χ2v) is 7.03. The number of carbonyl (C=O) groups is 1. The molecule has 25 heavy (non-hydrogen) atoms. The molecule has 0 saturated carbocycles. The smallest absolute Gasteiger partial charge is 0.258 e. The molecule has 3 rings (SSSR count). The van der Waals surface area contributed by atoms with Gasteiger partial charge in [-0.05, 0) is 38.1 Å². The molecule has 0 atom stereocenters. The minimum absolute atomic E-state index is 0.218. The van der Waals surface area contributed by atoms with E-state index < -0.39 is 11.5 Å². The van der Waals surface area contributed by atoms with Gasteiger partial charge in [0.1, 0.15) is 0 Å². The number of para-hydroxylation sites is 1. The van der Waals surface area contributed by atoms with Crippen LogP contribution in [-0.2, 0) is 5.60 Å². The van der Waals surface area contributed by atoms with E-state index in [2.05, 4.69) is 10.3 Å². The van der Waals surface area contributed by atoms with Gasteiger partial charge in [-0.2, -0.15) is 0 Å². The van der Waals surface area contributed by atoms with E-state index in [-0.39, 0.29) is 15.6 Å². The predicted octanol–water partition coefficient (Wildman–Crippen LogP) is 5.02. The molecule has 1 amide bonds. The number of benzene rings is 2. The summed E-state index contributed by atoms with van der Waals surface area (Å²) in [4.78, 5) is 17.0. The zero-order valence-electron chi connectivity index (χ0n) is 13.7. The highest BCUT2D eigenvalue weighted by Gasteiger charge is 2.19. The normalized spacial score (nSPS) is 11.6. The van der Waals surface area contributed by atoms with Crippen molar-refractivity contribution in [3.63, 3.8) is 0 Å². The summed E-state index contributed by atoms with van der Waals surface area (Å²) in [7, 11) is 0. The number of nitrogens with one attached hydrogen (secondary N) is 1. The van der Waals surface area contributed by atoms with Crippen molar-refractivity contribution >= 4 is 45.7 Å². The van der Waals surface area contributed by atoms with E-state index in [1.54, 1.807) is 44.3 Å². The van der Waals surface area contributed by atoms with Crippen molar-refractivity contribution in [2.45, 2.75) is 19.4 Å². The van der Waals surface area contributed by atoms with Gasteiger partial charge < -0.3 is 10.4 Å². The van der Waals surface area contributed by atoms with E-state index in [1.807, 2.05) is 18.2 Å². The maximum absolute atomic E-state index is 12.6. The summed E-state index contributed by atoms with van der Waals surface area (Å²) in [5.41, 5.74) is 1.08. The van der Waals surface area contributed by atoms with E-state index in [0.29, 0.717) is 16.8 Å². The molecule has 0 aliphatic heterocycles. The lowest BCUT2D eigenvalue weighted by atomic mass is 9.98. The van der Waals surface area contributed by atoms with Crippen LogP contribution in [0.4, 0.5) is 5.69 Å². The third-order valence-corrected chi connectivity index (χ3v) is 4.49. The van der Waals surface area contributed by atoms with E-state index in [9.17, 15) is 9.90 Å². The molecule has 0 aliphatic carbocycles. The predicted molar refractivity (Wildman–Crippen MR) is 101 cm³/mol. The molecule has 0 radical (unpaired) electrons. The van der Waals surface area contributed by atoms with Crippen molar-refractivity contribution in [2.75, 3.05) is 5.32 Å². The van der Waals surface area contributed by atoms with Gasteiger partial charge in [0, 0.05) is 17.1 Å². The number of halogens is 2. The topological polar surface area (TPSA) is 62.2 Å². The van der Waals surface area contributed by atoms with Crippen molar-refractivity contribution < 1.29 is 9.90 Å². The third kappa shape index (κ3) is 3.61. The Morgan fingerprint density at radius 2 is 1.76 bits per heavy atom. The highest BCUT2D eigenvalue weighted by molar-refractivity contribution is 6.40. The van der Waals surface area contributed by atoms with Gasteiger partial charge in [0.2, 0.25) is 0 Å². The number of aliphatic hydroxyl groups is 1. The SMILES string of the molecule is CC(C)(O)c1cnc2c(NC(=O)c3c(Cl)cccc3Cl)cccc2c1. The molecule has 0 bridgehead atoms. The molecule has 0 saturated heterocycles. The monoisotopic (exact) mass is 374 g/mol. The number of carbonyl (C=O) groups excluding carboxylic acids is 1. The maximum atomic E-state index is 12.6. The third-order valence-electron chi connectivity index (χ3n) is 3.86. The van der Waals surface area contributed by atoms with Crippen LogP contribution < -0.4 is 5.32 Å². The summed E-state index contributed by atoms with van der Waals surface area (Å²) in [6, 6.07) is 12.2. The first-order chi connectivity index (χ1) is 11.8. The first-order valence-electron chi connectivity index (χ1n) is 7.64. The lowest BCUT2D eigenvalue weighted by molar-refractivity contribution is 0.0784. The summed E-state index contributed by atoms with van der Waals surface area (Å²) in [5.74, 6) is -0.406. The van der Waals surface area contributed by atoms with Gasteiger partial charge in [0.05, 0.1) is 32.4 Å². The minimum Gasteiger partial charge on any atom is -0.386 e. The quantitative estimate of drug-likeness (QED) is 0.676. The molecule has 0 aliphatic rings. The fraction of sp³-hybridized carbons (Fsp3) is 0.158. The second kappa shape index (κ2) is 6.64. The summed E-state index contributed by atoms with van der Waals surface area (Å²) < 4.78 is 0. The van der Waals surface area contributed by atoms with Crippen molar-refractivity contribution in [1.29, 1.82) is 0 Å². The molecule has 1 aromatic heterocycles. The molecule has 0 fully saturated rings. The van der Waals surface area contributed by atoms with Crippen LogP contribution in [0.3, 0.4) is 0 Å². The fourth-order valence-electron chi connectivity index (χ4n) is 2.50. The summed E-state index contributed by atoms with van der Waals surface area (Å²) in [6.07, 6.45) is 1.60. The molecule has 2 aromatic carbocycles. The Balaban J connectivity index is 2.01. The molecule has 3 aromatic rings. The second-order valence-electron chi connectivity index (χ2n) is 6.21. The van der Waals surface area contributed by atoms with Gasteiger partial charge in [-0.3, -0.25) is 9.78 Å². The van der Waals surface area contributed by atoms with Crippen LogP contribution in [0, 0.1) is 0 Å². The number of rotatable bonds is 3. The fourth-order valence-corrected chi connectivity index (χ4v) is 3.06. The molecular formula is C19H16Cl2N2O2. The number of pyridine rings is 1. The van der Waals surface area contributed by atoms with Crippen LogP contribution in [0.5, 0.6) is 0 Å². The Kier molecular flexibility index (Phi) is 4.69. The Bertz CT molecular complexity index is 945. The van der Waals surface area contributed by atoms with Crippen LogP contribution in [-0.4, -0.2) is 16.0 Å². The standard InChI is InChI=1S/C19H16Cl2N2O2/c1-19(2,25)12-9-11-5-3-8-15(17(11)22-10-12)23-18(24)16-13(20)6-4-7-14(16)21/h3-10,25H,1-2H3,(H,23,24). The first kappa shape index (κ1) is 17.7. The number of hydrogen-bond donors (Lipinski definition) is 2. The number of amides is 1. The Morgan fingerprint density at radius 3 is 2.40 bits per heavy atom. The number of aromatic nitrogens is 1. The van der Waals surface area contributed by atoms with E-state index >= 15 is 0 Å². The molecule has 4 nitrogen and oxygen atoms in total. The van der Waals surface area contributed by atoms with E-state index in [4.69, 9.17) is 23.2 Å². The average Bonchev–Trinajstić information content (AvgIpc) is 2.53. The van der Waals surface area contributed by atoms with Crippen LogP contribution >= 0.6 is 23.2 Å². The molecule has 128 valence electrons. The average molecular weight is 375 g/mol.